The normalized spacial score (nSPS) is 12.2. The van der Waals surface area contributed by atoms with Gasteiger partial charge in [-0.05, 0) is 12.0 Å². The minimum atomic E-state index is -1.30. The average molecular weight is 373 g/mol. The molecule has 0 saturated carbocycles. The van der Waals surface area contributed by atoms with Crippen molar-refractivity contribution in [1.29, 1.82) is 0 Å². The first kappa shape index (κ1) is 18.1. The lowest BCUT2D eigenvalue weighted by Gasteiger charge is -2.11. The molecule has 8 heteroatoms. The molecule has 1 atom stereocenters. The monoisotopic (exact) mass is 373 g/mol. The zero-order valence-electron chi connectivity index (χ0n) is 14.2. The maximum absolute atomic E-state index is 12.1. The summed E-state index contributed by atoms with van der Waals surface area (Å²) in [5.74, 6) is -1.73. The molecule has 0 fully saturated rings. The molecule has 3 aromatic rings. The van der Waals surface area contributed by atoms with Crippen LogP contribution in [-0.4, -0.2) is 44.1 Å². The lowest BCUT2D eigenvalue weighted by molar-refractivity contribution is -0.142. The van der Waals surface area contributed by atoms with E-state index >= 15 is 0 Å². The number of aliphatic hydroxyl groups is 1. The number of aryl methyl sites for hydroxylation is 1. The Morgan fingerprint density at radius 3 is 2.65 bits per heavy atom. The number of rotatable bonds is 7. The van der Waals surface area contributed by atoms with Gasteiger partial charge in [0.15, 0.2) is 4.96 Å². The van der Waals surface area contributed by atoms with E-state index in [4.69, 9.17) is 10.2 Å². The van der Waals surface area contributed by atoms with Crippen LogP contribution in [0.5, 0.6) is 0 Å². The zero-order valence-corrected chi connectivity index (χ0v) is 15.0. The number of nitrogens with one attached hydrogen (secondary N) is 1. The van der Waals surface area contributed by atoms with Crippen molar-refractivity contribution in [3.05, 3.63) is 47.1 Å². The fraction of sp³-hybridized carbons (Fsp3) is 0.278. The highest BCUT2D eigenvalue weighted by atomic mass is 32.1. The number of imidazole rings is 1. The van der Waals surface area contributed by atoms with E-state index in [1.807, 2.05) is 28.1 Å². The van der Waals surface area contributed by atoms with Gasteiger partial charge in [0.25, 0.3) is 0 Å². The number of carbonyl (C=O) groups excluding carboxylic acids is 1. The van der Waals surface area contributed by atoms with Gasteiger partial charge in [-0.15, -0.1) is 11.3 Å². The molecule has 0 aliphatic carbocycles. The minimum Gasteiger partial charge on any atom is -0.480 e. The van der Waals surface area contributed by atoms with Crippen molar-refractivity contribution < 1.29 is 19.8 Å². The first-order valence-corrected chi connectivity index (χ1v) is 9.07. The number of carboxylic acid groups (broad SMARTS) is 1. The minimum absolute atomic E-state index is 0.00829. The maximum Gasteiger partial charge on any atom is 0.328 e. The van der Waals surface area contributed by atoms with Crippen LogP contribution < -0.4 is 5.32 Å². The van der Waals surface area contributed by atoms with Crippen LogP contribution in [0.4, 0.5) is 0 Å². The van der Waals surface area contributed by atoms with Gasteiger partial charge in [-0.1, -0.05) is 31.2 Å². The maximum atomic E-state index is 12.1. The number of aliphatic hydroxyl groups excluding tert-OH is 1. The molecule has 136 valence electrons. The van der Waals surface area contributed by atoms with E-state index < -0.39 is 24.5 Å². The second-order valence-corrected chi connectivity index (χ2v) is 6.71. The molecule has 0 aliphatic heterocycles. The van der Waals surface area contributed by atoms with Gasteiger partial charge in [-0.3, -0.25) is 9.20 Å². The van der Waals surface area contributed by atoms with Crippen molar-refractivity contribution >= 4 is 28.2 Å². The van der Waals surface area contributed by atoms with Gasteiger partial charge in [-0.2, -0.15) is 0 Å². The van der Waals surface area contributed by atoms with E-state index in [0.717, 1.165) is 22.6 Å². The van der Waals surface area contributed by atoms with Gasteiger partial charge in [0, 0.05) is 22.8 Å². The number of benzene rings is 1. The highest BCUT2D eigenvalue weighted by Gasteiger charge is 2.20. The van der Waals surface area contributed by atoms with Crippen molar-refractivity contribution in [3.8, 4) is 11.3 Å². The van der Waals surface area contributed by atoms with Gasteiger partial charge in [0.1, 0.15) is 6.04 Å². The number of nitrogens with zero attached hydrogens (tertiary/aromatic N) is 2. The molecule has 26 heavy (non-hydrogen) atoms. The number of amides is 1. The van der Waals surface area contributed by atoms with Crippen molar-refractivity contribution in [2.24, 2.45) is 0 Å². The summed E-state index contributed by atoms with van der Waals surface area (Å²) in [7, 11) is 0. The van der Waals surface area contributed by atoms with Gasteiger partial charge in [0.2, 0.25) is 5.91 Å². The number of thiazole rings is 1. The Morgan fingerprint density at radius 2 is 2.04 bits per heavy atom. The molecule has 1 aromatic carbocycles. The van der Waals surface area contributed by atoms with Crippen molar-refractivity contribution in [2.45, 2.75) is 25.8 Å². The molecule has 7 nitrogen and oxygen atoms in total. The van der Waals surface area contributed by atoms with Crippen LogP contribution in [0, 0.1) is 0 Å². The second-order valence-electron chi connectivity index (χ2n) is 5.87. The first-order valence-electron chi connectivity index (χ1n) is 8.19. The summed E-state index contributed by atoms with van der Waals surface area (Å²) < 4.78 is 1.84. The Morgan fingerprint density at radius 1 is 1.31 bits per heavy atom. The first-order chi connectivity index (χ1) is 12.5. The lowest BCUT2D eigenvalue weighted by atomic mass is 10.1. The highest BCUT2D eigenvalue weighted by molar-refractivity contribution is 7.15. The summed E-state index contributed by atoms with van der Waals surface area (Å²) in [6.45, 7) is 1.45. The predicted octanol–water partition coefficient (Wildman–Crippen LogP) is 1.73. The molecule has 2 heterocycles. The number of hydrogen-bond acceptors (Lipinski definition) is 5. The number of carboxylic acids is 1. The topological polar surface area (TPSA) is 104 Å². The van der Waals surface area contributed by atoms with E-state index in [2.05, 4.69) is 29.4 Å². The van der Waals surface area contributed by atoms with E-state index in [1.54, 1.807) is 0 Å². The fourth-order valence-electron chi connectivity index (χ4n) is 2.60. The second kappa shape index (κ2) is 7.67. The third-order valence-corrected chi connectivity index (χ3v) is 4.99. The zero-order chi connectivity index (χ0) is 18.7. The number of aliphatic carboxylic acids is 1. The van der Waals surface area contributed by atoms with Crippen molar-refractivity contribution in [1.82, 2.24) is 14.7 Å². The molecule has 0 spiro atoms. The predicted molar refractivity (Wildman–Crippen MR) is 98.2 cm³/mol. The SMILES string of the molecule is CCc1ccc(-c2cn3c(CC(=O)NC(CO)C(=O)O)csc3n2)cc1. The van der Waals surface area contributed by atoms with E-state index in [-0.39, 0.29) is 6.42 Å². The highest BCUT2D eigenvalue weighted by Crippen LogP contribution is 2.24. The van der Waals surface area contributed by atoms with Crippen LogP contribution in [-0.2, 0) is 22.4 Å². The third-order valence-electron chi connectivity index (χ3n) is 4.10. The Kier molecular flexibility index (Phi) is 5.34. The van der Waals surface area contributed by atoms with Crippen LogP contribution in [0.2, 0.25) is 0 Å². The van der Waals surface area contributed by atoms with Crippen LogP contribution in [0.1, 0.15) is 18.2 Å². The molecule has 0 saturated heterocycles. The van der Waals surface area contributed by atoms with Gasteiger partial charge < -0.3 is 15.5 Å². The number of fused-ring (bicyclic) bond motifs is 1. The van der Waals surface area contributed by atoms with E-state index in [1.165, 1.54) is 16.9 Å². The summed E-state index contributed by atoms with van der Waals surface area (Å²) in [5.41, 5.74) is 3.79. The van der Waals surface area contributed by atoms with Crippen molar-refractivity contribution in [2.75, 3.05) is 6.61 Å². The summed E-state index contributed by atoms with van der Waals surface area (Å²) in [4.78, 5) is 28.3. The molecule has 3 rings (SSSR count). The summed E-state index contributed by atoms with van der Waals surface area (Å²) in [6, 6.07) is 6.88. The number of aromatic nitrogens is 2. The Bertz CT molecular complexity index is 930. The Balaban J connectivity index is 1.79. The molecular weight excluding hydrogens is 354 g/mol. The summed E-state index contributed by atoms with van der Waals surface area (Å²) >= 11 is 1.42. The van der Waals surface area contributed by atoms with Gasteiger partial charge >= 0.3 is 5.97 Å². The molecule has 3 N–H and O–H groups in total. The molecular formula is C18H19N3O4S. The Labute approximate surface area is 153 Å². The lowest BCUT2D eigenvalue weighted by Crippen LogP contribution is -2.44. The third kappa shape index (κ3) is 3.76. The van der Waals surface area contributed by atoms with E-state index in [9.17, 15) is 9.59 Å². The van der Waals surface area contributed by atoms with Crippen molar-refractivity contribution in [3.63, 3.8) is 0 Å². The van der Waals surface area contributed by atoms with Crippen LogP contribution >= 0.6 is 11.3 Å². The van der Waals surface area contributed by atoms with E-state index in [0.29, 0.717) is 5.69 Å². The quantitative estimate of drug-likeness (QED) is 0.585. The fourth-order valence-corrected chi connectivity index (χ4v) is 3.48. The van der Waals surface area contributed by atoms with Crippen LogP contribution in [0.25, 0.3) is 16.2 Å². The molecule has 0 radical (unpaired) electrons. The standard InChI is InChI=1S/C18H19N3O4S/c1-2-11-3-5-12(6-4-11)14-8-21-13(10-26-18(21)20-14)7-16(23)19-15(9-22)17(24)25/h3-6,8,10,15,22H,2,7,9H2,1H3,(H,19,23)(H,24,25). The Hall–Kier alpha value is -2.71. The summed E-state index contributed by atoms with van der Waals surface area (Å²) in [6.07, 6.45) is 2.85. The van der Waals surface area contributed by atoms with Gasteiger partial charge in [-0.25, -0.2) is 9.78 Å². The molecule has 0 bridgehead atoms. The number of carbonyl (C=O) groups is 2. The van der Waals surface area contributed by atoms with Crippen LogP contribution in [0.3, 0.4) is 0 Å². The van der Waals surface area contributed by atoms with Gasteiger partial charge in [0.05, 0.1) is 18.7 Å². The largest absolute Gasteiger partial charge is 0.480 e. The molecule has 1 amide bonds. The molecule has 1 unspecified atom stereocenters. The van der Waals surface area contributed by atoms with Crippen LogP contribution in [0.15, 0.2) is 35.8 Å². The molecule has 0 aliphatic rings. The smallest absolute Gasteiger partial charge is 0.328 e. The average Bonchev–Trinajstić information content (AvgIpc) is 3.21. The number of hydrogen-bond donors (Lipinski definition) is 3. The molecule has 2 aromatic heterocycles. The summed E-state index contributed by atoms with van der Waals surface area (Å²) in [5, 5.41) is 22.0.